The van der Waals surface area contributed by atoms with Gasteiger partial charge in [0.1, 0.15) is 23.0 Å². The molecule has 216 valence electrons. The SMILES string of the molecule is CC(C)CN(C(=O)c1cnc(C(C)(C)C)nc1NCc1ccco1)[C@@H]1CNC[C@H](c2nnc(-c3ccccc3)o2)C1. The third-order valence-corrected chi connectivity index (χ3v) is 7.10. The van der Waals surface area contributed by atoms with Gasteiger partial charge in [-0.25, -0.2) is 9.97 Å². The minimum absolute atomic E-state index is 0.0164. The molecule has 0 unspecified atom stereocenters. The van der Waals surface area contributed by atoms with E-state index < -0.39 is 0 Å². The predicted octanol–water partition coefficient (Wildman–Crippen LogP) is 5.27. The second-order valence-electron chi connectivity index (χ2n) is 12.0. The Morgan fingerprint density at radius 1 is 1.12 bits per heavy atom. The number of furan rings is 1. The number of benzene rings is 1. The molecule has 1 saturated heterocycles. The van der Waals surface area contributed by atoms with Gasteiger partial charge in [-0.2, -0.15) is 0 Å². The van der Waals surface area contributed by atoms with Crippen LogP contribution in [0.4, 0.5) is 5.82 Å². The van der Waals surface area contributed by atoms with Gasteiger partial charge in [-0.1, -0.05) is 52.8 Å². The van der Waals surface area contributed by atoms with E-state index in [1.807, 2.05) is 47.4 Å². The molecular weight excluding hydrogens is 518 g/mol. The number of rotatable bonds is 9. The Bertz CT molecular complexity index is 1430. The van der Waals surface area contributed by atoms with E-state index in [-0.39, 0.29) is 29.2 Å². The Hall–Kier alpha value is -4.05. The number of piperidine rings is 1. The van der Waals surface area contributed by atoms with Gasteiger partial charge in [-0.15, -0.1) is 10.2 Å². The van der Waals surface area contributed by atoms with Crippen LogP contribution in [0.3, 0.4) is 0 Å². The fourth-order valence-corrected chi connectivity index (χ4v) is 5.01. The Kier molecular flexibility index (Phi) is 8.49. The van der Waals surface area contributed by atoms with E-state index in [1.54, 1.807) is 12.5 Å². The lowest BCUT2D eigenvalue weighted by Crippen LogP contribution is -2.52. The Balaban J connectivity index is 1.40. The lowest BCUT2D eigenvalue weighted by Gasteiger charge is -2.38. The van der Waals surface area contributed by atoms with E-state index in [9.17, 15) is 4.79 Å². The summed E-state index contributed by atoms with van der Waals surface area (Å²) >= 11 is 0. The highest BCUT2D eigenvalue weighted by molar-refractivity contribution is 5.98. The number of carbonyl (C=O) groups is 1. The van der Waals surface area contributed by atoms with E-state index in [4.69, 9.17) is 13.8 Å². The number of anilines is 1. The summed E-state index contributed by atoms with van der Waals surface area (Å²) in [4.78, 5) is 25.6. The van der Waals surface area contributed by atoms with Crippen LogP contribution in [0, 0.1) is 5.92 Å². The predicted molar refractivity (Wildman–Crippen MR) is 156 cm³/mol. The summed E-state index contributed by atoms with van der Waals surface area (Å²) in [7, 11) is 0. The third kappa shape index (κ3) is 6.82. The lowest BCUT2D eigenvalue weighted by atomic mass is 9.93. The van der Waals surface area contributed by atoms with E-state index >= 15 is 0 Å². The molecule has 0 saturated carbocycles. The molecule has 0 bridgehead atoms. The molecule has 4 heterocycles. The van der Waals surface area contributed by atoms with E-state index in [1.165, 1.54) is 0 Å². The highest BCUT2D eigenvalue weighted by atomic mass is 16.4. The van der Waals surface area contributed by atoms with Crippen molar-refractivity contribution in [3.8, 4) is 11.5 Å². The molecule has 5 rings (SSSR count). The summed E-state index contributed by atoms with van der Waals surface area (Å²) in [6, 6.07) is 13.4. The number of nitrogens with zero attached hydrogens (tertiary/aromatic N) is 5. The van der Waals surface area contributed by atoms with Gasteiger partial charge in [-0.3, -0.25) is 4.79 Å². The summed E-state index contributed by atoms with van der Waals surface area (Å²) in [6.45, 7) is 12.8. The molecule has 10 nitrogen and oxygen atoms in total. The molecule has 0 spiro atoms. The van der Waals surface area contributed by atoms with Gasteiger partial charge < -0.3 is 24.4 Å². The number of amides is 1. The van der Waals surface area contributed by atoms with Crippen molar-refractivity contribution in [1.82, 2.24) is 30.4 Å². The Morgan fingerprint density at radius 2 is 1.93 bits per heavy atom. The smallest absolute Gasteiger partial charge is 0.259 e. The van der Waals surface area contributed by atoms with Crippen molar-refractivity contribution in [1.29, 1.82) is 0 Å². The maximum Gasteiger partial charge on any atom is 0.259 e. The largest absolute Gasteiger partial charge is 0.467 e. The molecule has 3 aromatic heterocycles. The van der Waals surface area contributed by atoms with Crippen LogP contribution in [0.5, 0.6) is 0 Å². The zero-order valence-corrected chi connectivity index (χ0v) is 24.4. The van der Waals surface area contributed by atoms with E-state index in [0.29, 0.717) is 61.6 Å². The normalized spacial score (nSPS) is 17.5. The molecule has 1 aliphatic rings. The first-order valence-electron chi connectivity index (χ1n) is 14.2. The molecule has 41 heavy (non-hydrogen) atoms. The third-order valence-electron chi connectivity index (χ3n) is 7.10. The number of hydrogen-bond acceptors (Lipinski definition) is 9. The average molecular weight is 558 g/mol. The lowest BCUT2D eigenvalue weighted by molar-refractivity contribution is 0.0603. The maximum absolute atomic E-state index is 14.3. The molecule has 2 atom stereocenters. The van der Waals surface area contributed by atoms with Crippen LogP contribution in [0.1, 0.15) is 74.8 Å². The first-order chi connectivity index (χ1) is 19.7. The number of carbonyl (C=O) groups excluding carboxylic acids is 1. The van der Waals surface area contributed by atoms with Crippen molar-refractivity contribution in [3.63, 3.8) is 0 Å². The summed E-state index contributed by atoms with van der Waals surface area (Å²) in [6.07, 6.45) is 4.00. The van der Waals surface area contributed by atoms with Crippen LogP contribution in [0.2, 0.25) is 0 Å². The molecule has 10 heteroatoms. The van der Waals surface area contributed by atoms with Gasteiger partial charge in [0.05, 0.1) is 18.7 Å². The quantitative estimate of drug-likeness (QED) is 0.283. The molecule has 1 amide bonds. The first kappa shape index (κ1) is 28.5. The highest BCUT2D eigenvalue weighted by Gasteiger charge is 2.35. The minimum atomic E-state index is -0.274. The fraction of sp³-hybridized carbons (Fsp3) is 0.452. The van der Waals surface area contributed by atoms with Crippen LogP contribution < -0.4 is 10.6 Å². The van der Waals surface area contributed by atoms with Gasteiger partial charge in [0, 0.05) is 42.9 Å². The van der Waals surface area contributed by atoms with Crippen LogP contribution in [0.15, 0.2) is 63.8 Å². The van der Waals surface area contributed by atoms with Gasteiger partial charge >= 0.3 is 0 Å². The summed E-state index contributed by atoms with van der Waals surface area (Å²) in [5.74, 6) is 3.15. The summed E-state index contributed by atoms with van der Waals surface area (Å²) in [5.41, 5.74) is 1.05. The number of nitrogens with one attached hydrogen (secondary N) is 2. The maximum atomic E-state index is 14.3. The van der Waals surface area contributed by atoms with Crippen LogP contribution in [0.25, 0.3) is 11.5 Å². The molecule has 1 fully saturated rings. The monoisotopic (exact) mass is 557 g/mol. The van der Waals surface area contributed by atoms with Crippen LogP contribution in [-0.4, -0.2) is 56.6 Å². The zero-order valence-electron chi connectivity index (χ0n) is 24.4. The molecule has 0 aliphatic carbocycles. The van der Waals surface area contributed by atoms with Gasteiger partial charge in [0.25, 0.3) is 5.91 Å². The Morgan fingerprint density at radius 3 is 2.63 bits per heavy atom. The minimum Gasteiger partial charge on any atom is -0.467 e. The van der Waals surface area contributed by atoms with Crippen molar-refractivity contribution in [2.24, 2.45) is 5.92 Å². The van der Waals surface area contributed by atoms with E-state index in [0.717, 1.165) is 11.3 Å². The summed E-state index contributed by atoms with van der Waals surface area (Å²) < 4.78 is 11.6. The second kappa shape index (κ2) is 12.2. The van der Waals surface area contributed by atoms with Crippen molar-refractivity contribution in [2.75, 3.05) is 25.0 Å². The molecule has 0 radical (unpaired) electrons. The standard InChI is InChI=1S/C31H39N7O3/c1-20(2)19-38(23-14-22(15-32-16-23)28-37-36-27(41-28)21-10-7-6-8-11-21)29(39)25-18-34-30(31(3,4)5)35-26(25)33-17-24-12-9-13-40-24/h6-13,18,20,22-23,32H,14-17,19H2,1-5H3,(H,33,34,35)/t22-,23+/m1/s1. The second-order valence-corrected chi connectivity index (χ2v) is 12.0. The van der Waals surface area contributed by atoms with Crippen molar-refractivity contribution < 1.29 is 13.6 Å². The van der Waals surface area contributed by atoms with E-state index in [2.05, 4.69) is 60.4 Å². The zero-order chi connectivity index (χ0) is 29.0. The fourth-order valence-electron chi connectivity index (χ4n) is 5.01. The summed E-state index contributed by atoms with van der Waals surface area (Å²) in [5, 5.41) is 15.5. The molecular formula is C31H39N7O3. The van der Waals surface area contributed by atoms with Crippen molar-refractivity contribution in [2.45, 2.75) is 65.0 Å². The molecule has 4 aromatic rings. The van der Waals surface area contributed by atoms with Gasteiger partial charge in [-0.05, 0) is 36.6 Å². The van der Waals surface area contributed by atoms with Gasteiger partial charge in [0.2, 0.25) is 11.8 Å². The topological polar surface area (TPSA) is 122 Å². The average Bonchev–Trinajstić information content (AvgIpc) is 3.67. The molecule has 1 aliphatic heterocycles. The van der Waals surface area contributed by atoms with Crippen molar-refractivity contribution in [3.05, 3.63) is 78.0 Å². The molecule has 2 N–H and O–H groups in total. The number of aromatic nitrogens is 4. The van der Waals surface area contributed by atoms with Crippen LogP contribution >= 0.6 is 0 Å². The number of hydrogen-bond donors (Lipinski definition) is 2. The molecule has 1 aromatic carbocycles. The highest BCUT2D eigenvalue weighted by Crippen LogP contribution is 2.30. The van der Waals surface area contributed by atoms with Crippen molar-refractivity contribution >= 4 is 11.7 Å². The first-order valence-corrected chi connectivity index (χ1v) is 14.2. The van der Waals surface area contributed by atoms with Gasteiger partial charge in [0.15, 0.2) is 0 Å². The van der Waals surface area contributed by atoms with Crippen LogP contribution in [-0.2, 0) is 12.0 Å². The Labute approximate surface area is 241 Å².